The van der Waals surface area contributed by atoms with Crippen molar-refractivity contribution in [3.05, 3.63) is 36.0 Å². The zero-order chi connectivity index (χ0) is 12.5. The molecule has 2 heteroatoms. The minimum absolute atomic E-state index is 0.228. The Bertz CT molecular complexity index is 578. The van der Waals surface area contributed by atoms with E-state index in [0.717, 1.165) is 18.0 Å². The molecular formula is C16H19NO. The number of benzene rings is 1. The molecule has 1 aromatic carbocycles. The van der Waals surface area contributed by atoms with Crippen molar-refractivity contribution in [1.29, 1.82) is 0 Å². The number of rotatable bonds is 4. The average molecular weight is 241 g/mol. The van der Waals surface area contributed by atoms with Crippen molar-refractivity contribution in [3.8, 4) is 0 Å². The zero-order valence-electron chi connectivity index (χ0n) is 10.9. The van der Waals surface area contributed by atoms with E-state index in [1.165, 1.54) is 30.2 Å². The van der Waals surface area contributed by atoms with Crippen LogP contribution >= 0.6 is 0 Å². The number of fused-ring (bicyclic) bond motifs is 1. The third-order valence-electron chi connectivity index (χ3n) is 3.97. The lowest BCUT2D eigenvalue weighted by molar-refractivity contribution is -0.116. The molecule has 1 fully saturated rings. The SMILES string of the molecule is CC(=O)Cc1ccc2ccn(CC3CCC3)c2c1. The second kappa shape index (κ2) is 4.60. The fourth-order valence-corrected chi connectivity index (χ4v) is 2.74. The molecule has 0 spiro atoms. The van der Waals surface area contributed by atoms with Crippen LogP contribution in [-0.2, 0) is 17.8 Å². The van der Waals surface area contributed by atoms with Gasteiger partial charge in [0.15, 0.2) is 0 Å². The molecule has 18 heavy (non-hydrogen) atoms. The molecule has 94 valence electrons. The van der Waals surface area contributed by atoms with E-state index in [0.29, 0.717) is 6.42 Å². The Morgan fingerprint density at radius 2 is 2.17 bits per heavy atom. The highest BCUT2D eigenvalue weighted by Crippen LogP contribution is 2.29. The maximum absolute atomic E-state index is 11.2. The van der Waals surface area contributed by atoms with Crippen LogP contribution in [-0.4, -0.2) is 10.4 Å². The molecule has 1 aliphatic carbocycles. The highest BCUT2D eigenvalue weighted by molar-refractivity contribution is 5.83. The first-order valence-corrected chi connectivity index (χ1v) is 6.79. The van der Waals surface area contributed by atoms with Crippen molar-refractivity contribution in [2.75, 3.05) is 0 Å². The van der Waals surface area contributed by atoms with Crippen molar-refractivity contribution < 1.29 is 4.79 Å². The summed E-state index contributed by atoms with van der Waals surface area (Å²) in [5, 5.41) is 1.28. The molecular weight excluding hydrogens is 222 g/mol. The van der Waals surface area contributed by atoms with Crippen LogP contribution in [0.2, 0.25) is 0 Å². The number of aromatic nitrogens is 1. The first-order chi connectivity index (χ1) is 8.72. The molecule has 2 aromatic rings. The van der Waals surface area contributed by atoms with Crippen molar-refractivity contribution in [1.82, 2.24) is 4.57 Å². The van der Waals surface area contributed by atoms with Crippen molar-refractivity contribution in [2.24, 2.45) is 5.92 Å². The second-order valence-corrected chi connectivity index (χ2v) is 5.54. The molecule has 0 amide bonds. The lowest BCUT2D eigenvalue weighted by Gasteiger charge is -2.26. The fourth-order valence-electron chi connectivity index (χ4n) is 2.74. The Morgan fingerprint density at radius 3 is 2.83 bits per heavy atom. The quantitative estimate of drug-likeness (QED) is 0.802. The monoisotopic (exact) mass is 241 g/mol. The molecule has 0 bridgehead atoms. The van der Waals surface area contributed by atoms with Gasteiger partial charge in [-0.2, -0.15) is 0 Å². The molecule has 0 unspecified atom stereocenters. The number of carbonyl (C=O) groups excluding carboxylic acids is 1. The van der Waals surface area contributed by atoms with Gasteiger partial charge in [0, 0.05) is 24.7 Å². The van der Waals surface area contributed by atoms with Crippen LogP contribution in [0.1, 0.15) is 31.7 Å². The Kier molecular flexibility index (Phi) is 2.94. The van der Waals surface area contributed by atoms with Crippen LogP contribution in [0.5, 0.6) is 0 Å². The average Bonchev–Trinajstić information content (AvgIpc) is 2.65. The molecule has 0 saturated heterocycles. The fraction of sp³-hybridized carbons (Fsp3) is 0.438. The Labute approximate surface area is 108 Å². The molecule has 1 aromatic heterocycles. The summed E-state index contributed by atoms with van der Waals surface area (Å²) in [6.07, 6.45) is 6.85. The van der Waals surface area contributed by atoms with Gasteiger partial charge in [0.05, 0.1) is 0 Å². The highest BCUT2D eigenvalue weighted by Gasteiger charge is 2.18. The van der Waals surface area contributed by atoms with E-state index in [2.05, 4.69) is 35.0 Å². The predicted octanol–water partition coefficient (Wildman–Crippen LogP) is 3.57. The minimum atomic E-state index is 0.228. The number of hydrogen-bond acceptors (Lipinski definition) is 1. The number of Topliss-reactive ketones (excluding diaryl/α,β-unsaturated/α-hetero) is 1. The first-order valence-electron chi connectivity index (χ1n) is 6.79. The molecule has 1 saturated carbocycles. The molecule has 0 N–H and O–H groups in total. The number of carbonyl (C=O) groups is 1. The molecule has 0 atom stereocenters. The maximum Gasteiger partial charge on any atom is 0.134 e. The van der Waals surface area contributed by atoms with E-state index < -0.39 is 0 Å². The van der Waals surface area contributed by atoms with Gasteiger partial charge in [0.1, 0.15) is 5.78 Å². The van der Waals surface area contributed by atoms with Crippen LogP contribution in [0.4, 0.5) is 0 Å². The zero-order valence-corrected chi connectivity index (χ0v) is 10.9. The molecule has 1 aliphatic rings. The smallest absolute Gasteiger partial charge is 0.134 e. The summed E-state index contributed by atoms with van der Waals surface area (Å²) in [7, 11) is 0. The summed E-state index contributed by atoms with van der Waals surface area (Å²) in [6, 6.07) is 8.54. The van der Waals surface area contributed by atoms with Gasteiger partial charge in [-0.05, 0) is 48.8 Å². The lowest BCUT2D eigenvalue weighted by atomic mass is 9.85. The van der Waals surface area contributed by atoms with Crippen LogP contribution in [0.3, 0.4) is 0 Å². The third-order valence-corrected chi connectivity index (χ3v) is 3.97. The number of ketones is 1. The van der Waals surface area contributed by atoms with Gasteiger partial charge in [0.25, 0.3) is 0 Å². The second-order valence-electron chi connectivity index (χ2n) is 5.54. The maximum atomic E-state index is 11.2. The van der Waals surface area contributed by atoms with E-state index in [1.54, 1.807) is 6.92 Å². The molecule has 0 aliphatic heterocycles. The Hall–Kier alpha value is -1.57. The van der Waals surface area contributed by atoms with E-state index in [9.17, 15) is 4.79 Å². The first kappa shape index (κ1) is 11.5. The summed E-state index contributed by atoms with van der Waals surface area (Å²) >= 11 is 0. The summed E-state index contributed by atoms with van der Waals surface area (Å²) in [5.74, 6) is 1.09. The molecule has 3 rings (SSSR count). The van der Waals surface area contributed by atoms with Crippen molar-refractivity contribution in [2.45, 2.75) is 39.2 Å². The van der Waals surface area contributed by atoms with Crippen LogP contribution in [0.25, 0.3) is 10.9 Å². The van der Waals surface area contributed by atoms with Crippen LogP contribution in [0.15, 0.2) is 30.5 Å². The van der Waals surface area contributed by atoms with E-state index in [1.807, 2.05) is 0 Å². The van der Waals surface area contributed by atoms with Gasteiger partial charge in [-0.3, -0.25) is 4.79 Å². The van der Waals surface area contributed by atoms with Crippen LogP contribution < -0.4 is 0 Å². The van der Waals surface area contributed by atoms with Gasteiger partial charge >= 0.3 is 0 Å². The number of hydrogen-bond donors (Lipinski definition) is 0. The molecule has 0 radical (unpaired) electrons. The standard InChI is InChI=1S/C16H19NO/c1-12(18)9-14-5-6-15-7-8-17(16(15)10-14)11-13-3-2-4-13/h5-8,10,13H,2-4,9,11H2,1H3. The van der Waals surface area contributed by atoms with Gasteiger partial charge in [-0.1, -0.05) is 18.6 Å². The summed E-state index contributed by atoms with van der Waals surface area (Å²) in [5.41, 5.74) is 2.41. The minimum Gasteiger partial charge on any atom is -0.347 e. The summed E-state index contributed by atoms with van der Waals surface area (Å²) < 4.78 is 2.35. The van der Waals surface area contributed by atoms with Gasteiger partial charge < -0.3 is 4.57 Å². The predicted molar refractivity (Wildman–Crippen MR) is 73.7 cm³/mol. The normalized spacial score (nSPS) is 15.8. The third kappa shape index (κ3) is 2.20. The lowest BCUT2D eigenvalue weighted by Crippen LogP contribution is -2.17. The van der Waals surface area contributed by atoms with Gasteiger partial charge in [-0.15, -0.1) is 0 Å². The highest BCUT2D eigenvalue weighted by atomic mass is 16.1. The van der Waals surface area contributed by atoms with E-state index in [-0.39, 0.29) is 5.78 Å². The van der Waals surface area contributed by atoms with E-state index in [4.69, 9.17) is 0 Å². The topological polar surface area (TPSA) is 22.0 Å². The van der Waals surface area contributed by atoms with Gasteiger partial charge in [0.2, 0.25) is 0 Å². The molecule has 2 nitrogen and oxygen atoms in total. The Morgan fingerprint density at radius 1 is 1.33 bits per heavy atom. The van der Waals surface area contributed by atoms with Crippen molar-refractivity contribution in [3.63, 3.8) is 0 Å². The van der Waals surface area contributed by atoms with Crippen molar-refractivity contribution >= 4 is 16.7 Å². The summed E-state index contributed by atoms with van der Waals surface area (Å²) in [4.78, 5) is 11.2. The van der Waals surface area contributed by atoms with Crippen LogP contribution in [0, 0.1) is 5.92 Å². The molecule has 1 heterocycles. The summed E-state index contributed by atoms with van der Waals surface area (Å²) in [6.45, 7) is 2.78. The Balaban J connectivity index is 1.91. The largest absolute Gasteiger partial charge is 0.347 e. The van der Waals surface area contributed by atoms with Gasteiger partial charge in [-0.25, -0.2) is 0 Å². The number of nitrogens with zero attached hydrogens (tertiary/aromatic N) is 1. The van der Waals surface area contributed by atoms with E-state index >= 15 is 0 Å².